The van der Waals surface area contributed by atoms with E-state index in [0.717, 1.165) is 25.7 Å². The van der Waals surface area contributed by atoms with Crippen molar-refractivity contribution >= 4 is 0 Å². The molecule has 2 nitrogen and oxygen atoms in total. The Morgan fingerprint density at radius 1 is 1.06 bits per heavy atom. The van der Waals surface area contributed by atoms with E-state index < -0.39 is 0 Å². The molecule has 0 amide bonds. The molecule has 0 aliphatic rings. The summed E-state index contributed by atoms with van der Waals surface area (Å²) in [6.45, 7) is 4.94. The minimum Gasteiger partial charge on any atom is -0.396 e. The van der Waals surface area contributed by atoms with E-state index in [-0.39, 0.29) is 6.61 Å². The Labute approximate surface area is 107 Å². The third-order valence-corrected chi connectivity index (χ3v) is 3.29. The molecule has 0 rings (SSSR count). The number of allylic oxidation sites excluding steroid dienone is 1. The van der Waals surface area contributed by atoms with Gasteiger partial charge in [0.25, 0.3) is 0 Å². The van der Waals surface area contributed by atoms with E-state index in [2.05, 4.69) is 13.8 Å². The van der Waals surface area contributed by atoms with Crippen molar-refractivity contribution in [3.8, 4) is 0 Å². The van der Waals surface area contributed by atoms with Crippen molar-refractivity contribution in [3.05, 3.63) is 11.6 Å². The second-order valence-corrected chi connectivity index (χ2v) is 5.01. The lowest BCUT2D eigenvalue weighted by molar-refractivity contribution is 0.271. The summed E-state index contributed by atoms with van der Waals surface area (Å²) in [7, 11) is 0. The first-order valence-corrected chi connectivity index (χ1v) is 7.14. The Bertz CT molecular complexity index is 187. The van der Waals surface area contributed by atoms with E-state index in [0.29, 0.717) is 12.5 Å². The van der Waals surface area contributed by atoms with Gasteiger partial charge in [-0.25, -0.2) is 0 Å². The molecule has 102 valence electrons. The Morgan fingerprint density at radius 2 is 1.82 bits per heavy atom. The first-order valence-electron chi connectivity index (χ1n) is 7.14. The molecule has 0 bridgehead atoms. The molecular weight excluding hydrogens is 212 g/mol. The van der Waals surface area contributed by atoms with Crippen LogP contribution in [0.1, 0.15) is 65.2 Å². The molecule has 0 aromatic heterocycles. The van der Waals surface area contributed by atoms with Crippen LogP contribution < -0.4 is 0 Å². The van der Waals surface area contributed by atoms with Crippen molar-refractivity contribution in [2.75, 3.05) is 13.2 Å². The Kier molecular flexibility index (Phi) is 11.9. The van der Waals surface area contributed by atoms with Crippen LogP contribution >= 0.6 is 0 Å². The van der Waals surface area contributed by atoms with Crippen molar-refractivity contribution < 1.29 is 10.2 Å². The fraction of sp³-hybridized carbons (Fsp3) is 0.867. The maximum atomic E-state index is 8.99. The summed E-state index contributed by atoms with van der Waals surface area (Å²) in [4.78, 5) is 0. The average Bonchev–Trinajstić information content (AvgIpc) is 2.33. The Balaban J connectivity index is 3.79. The molecule has 2 N–H and O–H groups in total. The molecule has 0 aliphatic carbocycles. The van der Waals surface area contributed by atoms with Crippen molar-refractivity contribution in [1.29, 1.82) is 0 Å². The number of rotatable bonds is 11. The molecule has 0 fully saturated rings. The van der Waals surface area contributed by atoms with Crippen LogP contribution in [0.15, 0.2) is 11.6 Å². The quantitative estimate of drug-likeness (QED) is 0.428. The van der Waals surface area contributed by atoms with Gasteiger partial charge in [0.15, 0.2) is 0 Å². The molecule has 0 saturated carbocycles. The second-order valence-electron chi connectivity index (χ2n) is 5.01. The van der Waals surface area contributed by atoms with Crippen LogP contribution in [0.5, 0.6) is 0 Å². The van der Waals surface area contributed by atoms with Gasteiger partial charge < -0.3 is 10.2 Å². The maximum absolute atomic E-state index is 8.99. The summed E-state index contributed by atoms with van der Waals surface area (Å²) in [5.41, 5.74) is 1.41. The predicted molar refractivity (Wildman–Crippen MR) is 74.0 cm³/mol. The fourth-order valence-electron chi connectivity index (χ4n) is 2.08. The van der Waals surface area contributed by atoms with Crippen LogP contribution in [0.25, 0.3) is 0 Å². The molecule has 0 saturated heterocycles. The summed E-state index contributed by atoms with van der Waals surface area (Å²) in [5, 5.41) is 17.8. The highest BCUT2D eigenvalue weighted by atomic mass is 16.3. The van der Waals surface area contributed by atoms with E-state index in [1.165, 1.54) is 31.3 Å². The van der Waals surface area contributed by atoms with E-state index in [1.54, 1.807) is 0 Å². The van der Waals surface area contributed by atoms with Crippen LogP contribution in [0.3, 0.4) is 0 Å². The van der Waals surface area contributed by atoms with E-state index in [1.807, 2.05) is 6.08 Å². The summed E-state index contributed by atoms with van der Waals surface area (Å²) in [6.07, 6.45) is 11.2. The number of unbranched alkanes of at least 4 members (excludes halogenated alkanes) is 2. The zero-order valence-corrected chi connectivity index (χ0v) is 11.6. The van der Waals surface area contributed by atoms with Crippen LogP contribution in [-0.4, -0.2) is 23.4 Å². The van der Waals surface area contributed by atoms with Crippen molar-refractivity contribution in [1.82, 2.24) is 0 Å². The topological polar surface area (TPSA) is 40.5 Å². The first-order chi connectivity index (χ1) is 8.24. The highest BCUT2D eigenvalue weighted by Crippen LogP contribution is 2.20. The molecule has 1 unspecified atom stereocenters. The summed E-state index contributed by atoms with van der Waals surface area (Å²) >= 11 is 0. The van der Waals surface area contributed by atoms with Gasteiger partial charge in [-0.05, 0) is 44.4 Å². The smallest absolute Gasteiger partial charge is 0.0615 e. The molecule has 17 heavy (non-hydrogen) atoms. The average molecular weight is 242 g/mol. The lowest BCUT2D eigenvalue weighted by atomic mass is 9.94. The highest BCUT2D eigenvalue weighted by Gasteiger charge is 2.04. The van der Waals surface area contributed by atoms with E-state index >= 15 is 0 Å². The van der Waals surface area contributed by atoms with Gasteiger partial charge in [0.1, 0.15) is 0 Å². The lowest BCUT2D eigenvalue weighted by Crippen LogP contribution is -1.98. The Hall–Kier alpha value is -0.340. The van der Waals surface area contributed by atoms with E-state index in [9.17, 15) is 0 Å². The zero-order valence-electron chi connectivity index (χ0n) is 11.6. The van der Waals surface area contributed by atoms with Crippen molar-refractivity contribution in [3.63, 3.8) is 0 Å². The van der Waals surface area contributed by atoms with Gasteiger partial charge in [-0.1, -0.05) is 38.3 Å². The summed E-state index contributed by atoms with van der Waals surface area (Å²) < 4.78 is 0. The van der Waals surface area contributed by atoms with Gasteiger partial charge >= 0.3 is 0 Å². The van der Waals surface area contributed by atoms with Crippen LogP contribution in [0.4, 0.5) is 0 Å². The molecule has 0 radical (unpaired) electrons. The van der Waals surface area contributed by atoms with Gasteiger partial charge in [0, 0.05) is 6.61 Å². The largest absolute Gasteiger partial charge is 0.396 e. The number of aliphatic hydroxyl groups is 2. The molecule has 0 aromatic rings. The van der Waals surface area contributed by atoms with Gasteiger partial charge in [-0.15, -0.1) is 0 Å². The SMILES string of the molecule is CCCCC/C(=C/CO)CCC(C)CCCO. The van der Waals surface area contributed by atoms with Crippen molar-refractivity contribution in [2.24, 2.45) is 5.92 Å². The summed E-state index contributed by atoms with van der Waals surface area (Å²) in [6, 6.07) is 0. The second kappa shape index (κ2) is 12.1. The third-order valence-electron chi connectivity index (χ3n) is 3.29. The molecule has 0 heterocycles. The fourth-order valence-corrected chi connectivity index (χ4v) is 2.08. The first kappa shape index (κ1) is 16.7. The minimum absolute atomic E-state index is 0.173. The summed E-state index contributed by atoms with van der Waals surface area (Å²) in [5.74, 6) is 0.676. The highest BCUT2D eigenvalue weighted by molar-refractivity contribution is 5.02. The lowest BCUT2D eigenvalue weighted by Gasteiger charge is -2.12. The van der Waals surface area contributed by atoms with Gasteiger partial charge in [0.05, 0.1) is 6.61 Å². The molecule has 0 spiro atoms. The van der Waals surface area contributed by atoms with E-state index in [4.69, 9.17) is 10.2 Å². The van der Waals surface area contributed by atoms with Crippen LogP contribution in [-0.2, 0) is 0 Å². The normalized spacial score (nSPS) is 14.0. The third kappa shape index (κ3) is 10.5. The number of hydrogen-bond acceptors (Lipinski definition) is 2. The monoisotopic (exact) mass is 242 g/mol. The predicted octanol–water partition coefficient (Wildman–Crippen LogP) is 3.67. The Morgan fingerprint density at radius 3 is 2.41 bits per heavy atom. The zero-order chi connectivity index (χ0) is 12.9. The molecular formula is C15H30O2. The number of hydrogen-bond donors (Lipinski definition) is 2. The molecule has 0 aliphatic heterocycles. The molecule has 0 aromatic carbocycles. The van der Waals surface area contributed by atoms with Gasteiger partial charge in [-0.2, -0.15) is 0 Å². The van der Waals surface area contributed by atoms with Crippen molar-refractivity contribution in [2.45, 2.75) is 65.2 Å². The maximum Gasteiger partial charge on any atom is 0.0615 e. The number of aliphatic hydroxyl groups excluding tert-OH is 2. The van der Waals surface area contributed by atoms with Gasteiger partial charge in [-0.3, -0.25) is 0 Å². The minimum atomic E-state index is 0.173. The standard InChI is InChI=1S/C15H30O2/c1-3-4-5-8-15(11-13-17)10-9-14(2)7-6-12-16/h11,14,16-17H,3-10,12-13H2,1-2H3/b15-11-. The molecule has 1 atom stereocenters. The van der Waals surface area contributed by atoms with Crippen LogP contribution in [0, 0.1) is 5.92 Å². The van der Waals surface area contributed by atoms with Crippen LogP contribution in [0.2, 0.25) is 0 Å². The molecule has 2 heteroatoms. The van der Waals surface area contributed by atoms with Gasteiger partial charge in [0.2, 0.25) is 0 Å².